The van der Waals surface area contributed by atoms with Gasteiger partial charge in [-0.25, -0.2) is 4.39 Å². The zero-order valence-corrected chi connectivity index (χ0v) is 17.9. The molecule has 0 saturated carbocycles. The molecule has 2 aromatic rings. The Morgan fingerprint density at radius 3 is 2.36 bits per heavy atom. The standard InChI is InChI=1S/C23H22F4N4O2/c1-13-7-9-15(10-8-13)14(2)30-21(32)18(19(28)23(25,26)27)20-29-11-12-31(20)22(33)16-5-3-4-6-17(16)24/h3-10,14,28-29H,11-12H2,1-2H3,(H,30,32)/b20-18-,28-19?. The molecule has 1 fully saturated rings. The molecule has 174 valence electrons. The van der Waals surface area contributed by atoms with Crippen molar-refractivity contribution < 1.29 is 27.2 Å². The molecule has 2 aromatic carbocycles. The molecule has 0 bridgehead atoms. The van der Waals surface area contributed by atoms with Crippen LogP contribution >= 0.6 is 0 Å². The molecule has 3 N–H and O–H groups in total. The lowest BCUT2D eigenvalue weighted by Gasteiger charge is -2.23. The van der Waals surface area contributed by atoms with E-state index in [4.69, 9.17) is 5.41 Å². The first-order valence-electron chi connectivity index (χ1n) is 10.1. The van der Waals surface area contributed by atoms with Gasteiger partial charge in [-0.2, -0.15) is 13.2 Å². The molecule has 0 radical (unpaired) electrons. The molecule has 1 unspecified atom stereocenters. The fraction of sp³-hybridized carbons (Fsp3) is 0.261. The highest BCUT2D eigenvalue weighted by molar-refractivity contribution is 6.23. The number of carbonyl (C=O) groups excluding carboxylic acids is 2. The van der Waals surface area contributed by atoms with E-state index in [-0.39, 0.29) is 18.7 Å². The zero-order chi connectivity index (χ0) is 24.3. The van der Waals surface area contributed by atoms with Crippen LogP contribution < -0.4 is 10.6 Å². The fourth-order valence-corrected chi connectivity index (χ4v) is 3.39. The lowest BCUT2D eigenvalue weighted by atomic mass is 10.0. The average molecular weight is 462 g/mol. The minimum Gasteiger partial charge on any atom is -0.369 e. The average Bonchev–Trinajstić information content (AvgIpc) is 3.22. The maximum absolute atomic E-state index is 14.1. The SMILES string of the molecule is Cc1ccc(C(C)NC(=O)/C(C(=N)C(F)(F)F)=C2/NCCN2C(=O)c2ccccc2F)cc1. The lowest BCUT2D eigenvalue weighted by Crippen LogP contribution is -2.40. The van der Waals surface area contributed by atoms with Crippen LogP contribution in [0, 0.1) is 18.2 Å². The third kappa shape index (κ3) is 5.21. The number of nitrogens with zero attached hydrogens (tertiary/aromatic N) is 1. The Morgan fingerprint density at radius 2 is 1.76 bits per heavy atom. The van der Waals surface area contributed by atoms with Crippen LogP contribution in [0.15, 0.2) is 59.9 Å². The second-order valence-corrected chi connectivity index (χ2v) is 7.57. The number of hydrogen-bond acceptors (Lipinski definition) is 4. The summed E-state index contributed by atoms with van der Waals surface area (Å²) in [6, 6.07) is 11.4. The number of amides is 2. The quantitative estimate of drug-likeness (QED) is 0.359. The highest BCUT2D eigenvalue weighted by Gasteiger charge is 2.43. The van der Waals surface area contributed by atoms with Crippen molar-refractivity contribution in [3.63, 3.8) is 0 Å². The minimum atomic E-state index is -5.15. The summed E-state index contributed by atoms with van der Waals surface area (Å²) in [6.07, 6.45) is -5.15. The molecular weight excluding hydrogens is 440 g/mol. The topological polar surface area (TPSA) is 85.3 Å². The Morgan fingerprint density at radius 1 is 1.12 bits per heavy atom. The van der Waals surface area contributed by atoms with Crippen LogP contribution in [-0.2, 0) is 4.79 Å². The molecular formula is C23H22F4N4O2. The zero-order valence-electron chi connectivity index (χ0n) is 17.9. The van der Waals surface area contributed by atoms with Gasteiger partial charge in [-0.3, -0.25) is 19.9 Å². The number of carbonyl (C=O) groups is 2. The van der Waals surface area contributed by atoms with E-state index >= 15 is 0 Å². The van der Waals surface area contributed by atoms with Gasteiger partial charge in [-0.05, 0) is 31.5 Å². The molecule has 6 nitrogen and oxygen atoms in total. The molecule has 2 amide bonds. The van der Waals surface area contributed by atoms with Crippen LogP contribution in [0.5, 0.6) is 0 Å². The number of hydrogen-bond donors (Lipinski definition) is 3. The van der Waals surface area contributed by atoms with Gasteiger partial charge in [0.05, 0.1) is 11.6 Å². The molecule has 0 aliphatic carbocycles. The first-order chi connectivity index (χ1) is 15.5. The van der Waals surface area contributed by atoms with Gasteiger partial charge >= 0.3 is 6.18 Å². The van der Waals surface area contributed by atoms with E-state index in [1.807, 2.05) is 6.92 Å². The van der Waals surface area contributed by atoms with Gasteiger partial charge < -0.3 is 10.6 Å². The van der Waals surface area contributed by atoms with Gasteiger partial charge in [0.1, 0.15) is 17.2 Å². The van der Waals surface area contributed by atoms with Crippen LogP contribution in [-0.4, -0.2) is 41.7 Å². The molecule has 0 aromatic heterocycles. The van der Waals surface area contributed by atoms with Gasteiger partial charge in [0.25, 0.3) is 11.8 Å². The van der Waals surface area contributed by atoms with E-state index in [1.165, 1.54) is 18.2 Å². The maximum Gasteiger partial charge on any atom is 0.433 e. The number of aryl methyl sites for hydroxylation is 1. The summed E-state index contributed by atoms with van der Waals surface area (Å²) in [4.78, 5) is 26.7. The van der Waals surface area contributed by atoms with E-state index in [9.17, 15) is 27.2 Å². The van der Waals surface area contributed by atoms with E-state index in [0.717, 1.165) is 16.5 Å². The van der Waals surface area contributed by atoms with Gasteiger partial charge in [0.15, 0.2) is 5.71 Å². The van der Waals surface area contributed by atoms with Crippen LogP contribution in [0.25, 0.3) is 0 Å². The van der Waals surface area contributed by atoms with Crippen molar-refractivity contribution >= 4 is 17.5 Å². The summed E-state index contributed by atoms with van der Waals surface area (Å²) in [5.41, 5.74) is -1.69. The number of nitrogens with one attached hydrogen (secondary N) is 3. The van der Waals surface area contributed by atoms with E-state index in [0.29, 0.717) is 5.56 Å². The van der Waals surface area contributed by atoms with Crippen LogP contribution in [0.1, 0.15) is 34.5 Å². The summed E-state index contributed by atoms with van der Waals surface area (Å²) in [5.74, 6) is -3.43. The Hall–Kier alpha value is -3.69. The molecule has 0 spiro atoms. The van der Waals surface area contributed by atoms with Crippen molar-refractivity contribution in [2.45, 2.75) is 26.1 Å². The first-order valence-corrected chi connectivity index (χ1v) is 10.1. The van der Waals surface area contributed by atoms with Crippen molar-refractivity contribution in [1.82, 2.24) is 15.5 Å². The van der Waals surface area contributed by atoms with E-state index in [2.05, 4.69) is 10.6 Å². The fourth-order valence-electron chi connectivity index (χ4n) is 3.39. The molecule has 3 rings (SSSR count). The van der Waals surface area contributed by atoms with Crippen molar-refractivity contribution in [2.24, 2.45) is 0 Å². The lowest BCUT2D eigenvalue weighted by molar-refractivity contribution is -0.118. The molecule has 1 heterocycles. The number of benzene rings is 2. The molecule has 33 heavy (non-hydrogen) atoms. The highest BCUT2D eigenvalue weighted by Crippen LogP contribution is 2.27. The Kier molecular flexibility index (Phi) is 6.85. The maximum atomic E-state index is 14.1. The predicted octanol–water partition coefficient (Wildman–Crippen LogP) is 3.85. The highest BCUT2D eigenvalue weighted by atomic mass is 19.4. The van der Waals surface area contributed by atoms with Crippen LogP contribution in [0.3, 0.4) is 0 Å². The monoisotopic (exact) mass is 462 g/mol. The van der Waals surface area contributed by atoms with Crippen molar-refractivity contribution in [3.8, 4) is 0 Å². The van der Waals surface area contributed by atoms with Crippen LogP contribution in [0.4, 0.5) is 17.6 Å². The van der Waals surface area contributed by atoms with Crippen LogP contribution in [0.2, 0.25) is 0 Å². The molecule has 1 atom stereocenters. The van der Waals surface area contributed by atoms with Gasteiger partial charge in [0, 0.05) is 13.1 Å². The second kappa shape index (κ2) is 9.43. The summed E-state index contributed by atoms with van der Waals surface area (Å²) >= 11 is 0. The number of alkyl halides is 3. The number of rotatable bonds is 5. The third-order valence-corrected chi connectivity index (χ3v) is 5.17. The summed E-state index contributed by atoms with van der Waals surface area (Å²) in [6.45, 7) is 3.39. The summed E-state index contributed by atoms with van der Waals surface area (Å²) < 4.78 is 54.6. The molecule has 1 aliphatic rings. The van der Waals surface area contributed by atoms with Crippen molar-refractivity contribution in [1.29, 1.82) is 5.41 Å². The number of halogens is 4. The normalized spacial score (nSPS) is 16.1. The smallest absolute Gasteiger partial charge is 0.369 e. The van der Waals surface area contributed by atoms with Crippen molar-refractivity contribution in [3.05, 3.63) is 82.4 Å². The van der Waals surface area contributed by atoms with Gasteiger partial charge in [0.2, 0.25) is 0 Å². The summed E-state index contributed by atoms with van der Waals surface area (Å²) in [7, 11) is 0. The molecule has 1 aliphatic heterocycles. The second-order valence-electron chi connectivity index (χ2n) is 7.57. The Labute approximate surface area is 187 Å². The Balaban J connectivity index is 2.00. The molecule has 1 saturated heterocycles. The third-order valence-electron chi connectivity index (χ3n) is 5.17. The van der Waals surface area contributed by atoms with Gasteiger partial charge in [-0.1, -0.05) is 42.0 Å². The predicted molar refractivity (Wildman–Crippen MR) is 114 cm³/mol. The summed E-state index contributed by atoms with van der Waals surface area (Å²) in [5, 5.41) is 12.7. The van der Waals surface area contributed by atoms with E-state index in [1.54, 1.807) is 31.2 Å². The van der Waals surface area contributed by atoms with E-state index < -0.39 is 47.0 Å². The van der Waals surface area contributed by atoms with Gasteiger partial charge in [-0.15, -0.1) is 0 Å². The minimum absolute atomic E-state index is 0.0327. The molecule has 10 heteroatoms. The largest absolute Gasteiger partial charge is 0.433 e. The first kappa shape index (κ1) is 24.0. The Bertz CT molecular complexity index is 1110. The van der Waals surface area contributed by atoms with Crippen molar-refractivity contribution in [2.75, 3.05) is 13.1 Å².